The van der Waals surface area contributed by atoms with Gasteiger partial charge in [0, 0.05) is 16.5 Å². The molecule has 4 nitrogen and oxygen atoms in total. The fourth-order valence-corrected chi connectivity index (χ4v) is 2.92. The molecule has 0 saturated heterocycles. The van der Waals surface area contributed by atoms with E-state index >= 15 is 0 Å². The first-order chi connectivity index (χ1) is 9.50. The lowest BCUT2D eigenvalue weighted by Crippen LogP contribution is -2.36. The predicted molar refractivity (Wildman–Crippen MR) is 72.1 cm³/mol. The van der Waals surface area contributed by atoms with Crippen molar-refractivity contribution in [1.29, 1.82) is 0 Å². The van der Waals surface area contributed by atoms with E-state index in [4.69, 9.17) is 4.42 Å². The summed E-state index contributed by atoms with van der Waals surface area (Å²) in [6, 6.07) is 7.11. The summed E-state index contributed by atoms with van der Waals surface area (Å²) in [5.74, 6) is -0.263. The minimum absolute atomic E-state index is 0.158. The molecular weight excluding hydrogens is 256 g/mol. The number of carbonyl (C=O) groups is 2. The van der Waals surface area contributed by atoms with Crippen LogP contribution < -0.4 is 0 Å². The summed E-state index contributed by atoms with van der Waals surface area (Å²) in [7, 11) is 0. The van der Waals surface area contributed by atoms with Crippen molar-refractivity contribution in [3.63, 3.8) is 0 Å². The third-order valence-corrected chi connectivity index (χ3v) is 4.01. The number of carbonyl (C=O) groups excluding carboxylic acids is 2. The minimum atomic E-state index is -0.812. The fourth-order valence-electron chi connectivity index (χ4n) is 2.92. The standard InChI is InChI=1S/C16H14O4/c1-9(18)11-7-20-15-13(11)16(2,8-17)12-6-4-3-5-10(12)14(15)19/h3-7,17H,8H2,1-2H3. The molecule has 4 heteroatoms. The van der Waals surface area contributed by atoms with Crippen LogP contribution >= 0.6 is 0 Å². The zero-order chi connectivity index (χ0) is 14.5. The largest absolute Gasteiger partial charge is 0.460 e. The molecule has 1 aliphatic carbocycles. The number of benzene rings is 1. The van der Waals surface area contributed by atoms with Crippen LogP contribution in [-0.2, 0) is 5.41 Å². The summed E-state index contributed by atoms with van der Waals surface area (Å²) in [6.07, 6.45) is 1.31. The zero-order valence-corrected chi connectivity index (χ0v) is 11.3. The number of rotatable bonds is 2. The predicted octanol–water partition coefficient (Wildman–Crippen LogP) is 2.32. The van der Waals surface area contributed by atoms with Gasteiger partial charge in [-0.15, -0.1) is 0 Å². The van der Waals surface area contributed by atoms with E-state index in [2.05, 4.69) is 0 Å². The molecule has 0 fully saturated rings. The highest BCUT2D eigenvalue weighted by Gasteiger charge is 2.44. The van der Waals surface area contributed by atoms with Crippen LogP contribution in [0.2, 0.25) is 0 Å². The second-order valence-corrected chi connectivity index (χ2v) is 5.27. The van der Waals surface area contributed by atoms with Crippen LogP contribution in [0.5, 0.6) is 0 Å². The maximum absolute atomic E-state index is 12.5. The molecule has 1 N–H and O–H groups in total. The van der Waals surface area contributed by atoms with E-state index < -0.39 is 5.41 Å². The van der Waals surface area contributed by atoms with Gasteiger partial charge in [0.05, 0.1) is 12.2 Å². The van der Waals surface area contributed by atoms with Crippen molar-refractivity contribution in [3.05, 3.63) is 58.5 Å². The summed E-state index contributed by atoms with van der Waals surface area (Å²) < 4.78 is 5.33. The van der Waals surface area contributed by atoms with E-state index in [1.165, 1.54) is 13.2 Å². The molecule has 1 atom stereocenters. The van der Waals surface area contributed by atoms with Gasteiger partial charge in [0.1, 0.15) is 6.26 Å². The monoisotopic (exact) mass is 270 g/mol. The Labute approximate surface area is 116 Å². The third kappa shape index (κ3) is 1.45. The molecule has 3 rings (SSSR count). The number of Topliss-reactive ketones (excluding diaryl/α,β-unsaturated/α-hetero) is 1. The first kappa shape index (κ1) is 12.8. The number of fused-ring (bicyclic) bond motifs is 2. The summed E-state index contributed by atoms with van der Waals surface area (Å²) in [5.41, 5.74) is 1.29. The molecule has 1 aromatic heterocycles. The molecule has 2 aromatic rings. The van der Waals surface area contributed by atoms with E-state index in [1.807, 2.05) is 19.1 Å². The van der Waals surface area contributed by atoms with Crippen LogP contribution in [0.15, 0.2) is 34.9 Å². The van der Waals surface area contributed by atoms with Gasteiger partial charge >= 0.3 is 0 Å². The lowest BCUT2D eigenvalue weighted by molar-refractivity contribution is 0.0994. The Morgan fingerprint density at radius 2 is 2.05 bits per heavy atom. The van der Waals surface area contributed by atoms with Crippen LogP contribution in [0.4, 0.5) is 0 Å². The number of ketones is 2. The normalized spacial score (nSPS) is 20.4. The fraction of sp³-hybridized carbons (Fsp3) is 0.250. The van der Waals surface area contributed by atoms with Gasteiger partial charge in [-0.25, -0.2) is 0 Å². The molecular formula is C16H14O4. The van der Waals surface area contributed by atoms with Crippen molar-refractivity contribution in [2.24, 2.45) is 0 Å². The van der Waals surface area contributed by atoms with Gasteiger partial charge in [0.25, 0.3) is 0 Å². The zero-order valence-electron chi connectivity index (χ0n) is 11.3. The Hall–Kier alpha value is -2.20. The summed E-state index contributed by atoms with van der Waals surface area (Å²) >= 11 is 0. The van der Waals surface area contributed by atoms with Crippen molar-refractivity contribution in [2.75, 3.05) is 6.61 Å². The van der Waals surface area contributed by atoms with E-state index in [-0.39, 0.29) is 23.9 Å². The Morgan fingerprint density at radius 3 is 2.70 bits per heavy atom. The van der Waals surface area contributed by atoms with Crippen LogP contribution in [0, 0.1) is 0 Å². The molecule has 1 heterocycles. The smallest absolute Gasteiger partial charge is 0.228 e. The second kappa shape index (κ2) is 4.15. The Morgan fingerprint density at radius 1 is 1.35 bits per heavy atom. The van der Waals surface area contributed by atoms with Crippen LogP contribution in [0.3, 0.4) is 0 Å². The maximum atomic E-state index is 12.5. The summed E-state index contributed by atoms with van der Waals surface area (Å²) in [6.45, 7) is 3.04. The highest BCUT2D eigenvalue weighted by Crippen LogP contribution is 2.43. The van der Waals surface area contributed by atoms with E-state index in [9.17, 15) is 14.7 Å². The Bertz CT molecular complexity index is 726. The van der Waals surface area contributed by atoms with Crippen LogP contribution in [-0.4, -0.2) is 23.3 Å². The van der Waals surface area contributed by atoms with Crippen molar-refractivity contribution in [3.8, 4) is 0 Å². The molecule has 0 amide bonds. The second-order valence-electron chi connectivity index (χ2n) is 5.27. The summed E-state index contributed by atoms with van der Waals surface area (Å²) in [5, 5.41) is 9.89. The van der Waals surface area contributed by atoms with Crippen LogP contribution in [0.25, 0.3) is 0 Å². The molecule has 1 unspecified atom stereocenters. The van der Waals surface area contributed by atoms with E-state index in [1.54, 1.807) is 12.1 Å². The number of furan rings is 1. The first-order valence-corrected chi connectivity index (χ1v) is 6.38. The number of aliphatic hydroxyl groups excluding tert-OH is 1. The highest BCUT2D eigenvalue weighted by molar-refractivity contribution is 6.13. The Kier molecular flexibility index (Phi) is 2.66. The quantitative estimate of drug-likeness (QED) is 0.850. The van der Waals surface area contributed by atoms with E-state index in [0.29, 0.717) is 16.7 Å². The van der Waals surface area contributed by atoms with Gasteiger partial charge in [-0.3, -0.25) is 9.59 Å². The SMILES string of the molecule is CC(=O)c1coc2c1C(C)(CO)c1ccccc1C2=O. The third-order valence-electron chi connectivity index (χ3n) is 4.01. The summed E-state index contributed by atoms with van der Waals surface area (Å²) in [4.78, 5) is 24.2. The number of hydrogen-bond donors (Lipinski definition) is 1. The molecule has 1 aliphatic rings. The molecule has 0 bridgehead atoms. The molecule has 0 spiro atoms. The van der Waals surface area contributed by atoms with Gasteiger partial charge in [-0.2, -0.15) is 0 Å². The average Bonchev–Trinajstić information content (AvgIpc) is 2.91. The van der Waals surface area contributed by atoms with Crippen molar-refractivity contribution < 1.29 is 19.1 Å². The van der Waals surface area contributed by atoms with Crippen molar-refractivity contribution in [1.82, 2.24) is 0 Å². The molecule has 1 aromatic carbocycles. The lowest BCUT2D eigenvalue weighted by atomic mass is 9.68. The lowest BCUT2D eigenvalue weighted by Gasteiger charge is -2.33. The Balaban J connectivity index is 2.39. The van der Waals surface area contributed by atoms with E-state index in [0.717, 1.165) is 5.56 Å². The van der Waals surface area contributed by atoms with Gasteiger partial charge < -0.3 is 9.52 Å². The molecule has 0 saturated carbocycles. The number of aliphatic hydroxyl groups is 1. The first-order valence-electron chi connectivity index (χ1n) is 6.38. The molecule has 0 radical (unpaired) electrons. The maximum Gasteiger partial charge on any atom is 0.228 e. The topological polar surface area (TPSA) is 67.5 Å². The molecule has 102 valence electrons. The van der Waals surface area contributed by atoms with Gasteiger partial charge in [-0.05, 0) is 19.4 Å². The molecule has 0 aliphatic heterocycles. The van der Waals surface area contributed by atoms with Crippen molar-refractivity contribution >= 4 is 11.6 Å². The van der Waals surface area contributed by atoms with Crippen LogP contribution in [0.1, 0.15) is 51.5 Å². The minimum Gasteiger partial charge on any atom is -0.460 e. The molecule has 20 heavy (non-hydrogen) atoms. The van der Waals surface area contributed by atoms with Gasteiger partial charge in [0.15, 0.2) is 11.5 Å². The van der Waals surface area contributed by atoms with Gasteiger partial charge in [0.2, 0.25) is 5.78 Å². The van der Waals surface area contributed by atoms with Crippen molar-refractivity contribution in [2.45, 2.75) is 19.3 Å². The average molecular weight is 270 g/mol. The highest BCUT2D eigenvalue weighted by atomic mass is 16.3. The number of hydrogen-bond acceptors (Lipinski definition) is 4. The van der Waals surface area contributed by atoms with Gasteiger partial charge in [-0.1, -0.05) is 24.3 Å².